The first-order valence-corrected chi connectivity index (χ1v) is 11.3. The number of benzene rings is 1. The Labute approximate surface area is 171 Å². The number of carbonyl (C=O) groups excluding carboxylic acids is 1. The first-order valence-electron chi connectivity index (χ1n) is 8.22. The predicted octanol–water partition coefficient (Wildman–Crippen LogP) is 2.57. The van der Waals surface area contributed by atoms with Crippen molar-refractivity contribution in [1.82, 2.24) is 10.3 Å². The van der Waals surface area contributed by atoms with Crippen LogP contribution in [0.15, 0.2) is 23.1 Å². The number of carboxylic acid groups (broad SMARTS) is 1. The number of amides is 1. The van der Waals surface area contributed by atoms with Gasteiger partial charge in [-0.3, -0.25) is 9.59 Å². The summed E-state index contributed by atoms with van der Waals surface area (Å²) in [5, 5.41) is 14.7. The number of anilines is 1. The maximum absolute atomic E-state index is 12.0. The van der Waals surface area contributed by atoms with E-state index in [1.54, 1.807) is 13.0 Å². The monoisotopic (exact) mass is 445 g/mol. The zero-order valence-corrected chi connectivity index (χ0v) is 17.8. The summed E-state index contributed by atoms with van der Waals surface area (Å²) >= 11 is 7.20. The van der Waals surface area contributed by atoms with Gasteiger partial charge in [-0.2, -0.15) is 0 Å². The Hall–Kier alpha value is -2.01. The Bertz CT molecular complexity index is 1000. The van der Waals surface area contributed by atoms with E-state index in [0.717, 1.165) is 11.1 Å². The normalized spacial score (nSPS) is 12.6. The minimum Gasteiger partial charge on any atom is -0.480 e. The minimum atomic E-state index is -3.48. The number of hydrogen-bond acceptors (Lipinski definition) is 7. The van der Waals surface area contributed by atoms with Gasteiger partial charge in [0.1, 0.15) is 6.04 Å². The fourth-order valence-electron chi connectivity index (χ4n) is 2.32. The number of nitrogens with one attached hydrogen (secondary N) is 2. The van der Waals surface area contributed by atoms with Gasteiger partial charge in [-0.1, -0.05) is 29.0 Å². The number of halogens is 1. The van der Waals surface area contributed by atoms with E-state index in [1.165, 1.54) is 30.4 Å². The molecule has 0 unspecified atom stereocenters. The van der Waals surface area contributed by atoms with Crippen molar-refractivity contribution in [3.05, 3.63) is 28.9 Å². The van der Waals surface area contributed by atoms with Crippen molar-refractivity contribution in [2.24, 2.45) is 0 Å². The van der Waals surface area contributed by atoms with Gasteiger partial charge in [0.05, 0.1) is 20.5 Å². The van der Waals surface area contributed by atoms with Crippen LogP contribution in [0, 0.1) is 6.92 Å². The van der Waals surface area contributed by atoms with E-state index < -0.39 is 21.8 Å². The smallest absolute Gasteiger partial charge is 0.320 e. The molecule has 1 amide bonds. The number of carboxylic acids is 1. The summed E-state index contributed by atoms with van der Waals surface area (Å²) in [7, 11) is -3.48. The molecule has 0 saturated carbocycles. The molecule has 0 aliphatic heterocycles. The molecular formula is C17H20ClN3O5S2. The lowest BCUT2D eigenvalue weighted by Gasteiger charge is -2.08. The van der Waals surface area contributed by atoms with Crippen molar-refractivity contribution >= 4 is 49.8 Å². The van der Waals surface area contributed by atoms with E-state index in [4.69, 9.17) is 16.7 Å². The van der Waals surface area contributed by atoms with Crippen LogP contribution in [0.3, 0.4) is 0 Å². The summed E-state index contributed by atoms with van der Waals surface area (Å²) in [5.74, 6) is -1.30. The summed E-state index contributed by atoms with van der Waals surface area (Å²) in [5.41, 5.74) is 1.27. The van der Waals surface area contributed by atoms with Gasteiger partial charge in [0.2, 0.25) is 5.91 Å². The van der Waals surface area contributed by atoms with Gasteiger partial charge in [0, 0.05) is 19.2 Å². The second kappa shape index (κ2) is 8.99. The molecule has 0 aliphatic carbocycles. The summed E-state index contributed by atoms with van der Waals surface area (Å²) < 4.78 is 23.7. The van der Waals surface area contributed by atoms with Crippen molar-refractivity contribution in [3.63, 3.8) is 0 Å². The molecule has 0 saturated heterocycles. The van der Waals surface area contributed by atoms with E-state index in [-0.39, 0.29) is 28.8 Å². The molecule has 0 radical (unpaired) electrons. The lowest BCUT2D eigenvalue weighted by Crippen LogP contribution is -2.35. The van der Waals surface area contributed by atoms with Gasteiger partial charge < -0.3 is 15.7 Å². The van der Waals surface area contributed by atoms with Crippen molar-refractivity contribution in [1.29, 1.82) is 0 Å². The lowest BCUT2D eigenvalue weighted by atomic mass is 10.2. The SMILES string of the molecule is Cc1nc(NC(=O)CCN[C@@H](C)C(=O)O)sc1-c1ccc(Cl)c(S(C)(=O)=O)c1. The van der Waals surface area contributed by atoms with Crippen LogP contribution in [0.5, 0.6) is 0 Å². The lowest BCUT2D eigenvalue weighted by molar-refractivity contribution is -0.139. The quantitative estimate of drug-likeness (QED) is 0.570. The first-order chi connectivity index (χ1) is 13.0. The van der Waals surface area contributed by atoms with Crippen LogP contribution >= 0.6 is 22.9 Å². The highest BCUT2D eigenvalue weighted by molar-refractivity contribution is 7.90. The zero-order valence-electron chi connectivity index (χ0n) is 15.4. The predicted molar refractivity (Wildman–Crippen MR) is 109 cm³/mol. The second-order valence-electron chi connectivity index (χ2n) is 6.16. The molecule has 28 heavy (non-hydrogen) atoms. The standard InChI is InChI=1S/C17H20ClN3O5S2/c1-9-15(11-4-5-12(18)13(8-11)28(3,25)26)27-17(20-9)21-14(22)6-7-19-10(2)16(23)24/h4-5,8,10,19H,6-7H2,1-3H3,(H,23,24)(H,20,21,22)/t10-/m0/s1. The van der Waals surface area contributed by atoms with E-state index in [1.807, 2.05) is 0 Å². The molecule has 1 heterocycles. The molecule has 0 aliphatic rings. The van der Waals surface area contributed by atoms with Crippen molar-refractivity contribution < 1.29 is 23.1 Å². The fourth-order valence-corrected chi connectivity index (χ4v) is 4.60. The Balaban J connectivity index is 2.11. The van der Waals surface area contributed by atoms with Crippen LogP contribution < -0.4 is 10.6 Å². The number of aryl methyl sites for hydroxylation is 1. The average molecular weight is 446 g/mol. The number of hydrogen-bond donors (Lipinski definition) is 3. The highest BCUT2D eigenvalue weighted by atomic mass is 35.5. The largest absolute Gasteiger partial charge is 0.480 e. The van der Waals surface area contributed by atoms with E-state index in [9.17, 15) is 18.0 Å². The highest BCUT2D eigenvalue weighted by Gasteiger charge is 2.17. The number of carbonyl (C=O) groups is 2. The molecule has 2 rings (SSSR count). The van der Waals surface area contributed by atoms with Gasteiger partial charge in [-0.25, -0.2) is 13.4 Å². The summed E-state index contributed by atoms with van der Waals surface area (Å²) in [6.07, 6.45) is 1.17. The average Bonchev–Trinajstić information content (AvgIpc) is 2.94. The number of rotatable bonds is 8. The van der Waals surface area contributed by atoms with Gasteiger partial charge in [-0.05, 0) is 31.5 Å². The summed E-state index contributed by atoms with van der Waals surface area (Å²) in [4.78, 5) is 27.8. The van der Waals surface area contributed by atoms with Crippen LogP contribution in [-0.4, -0.2) is 49.2 Å². The molecule has 0 spiro atoms. The maximum atomic E-state index is 12.0. The Morgan fingerprint density at radius 2 is 2.04 bits per heavy atom. The number of sulfone groups is 1. The fraction of sp³-hybridized carbons (Fsp3) is 0.353. The zero-order chi connectivity index (χ0) is 21.1. The minimum absolute atomic E-state index is 0.0312. The Kier molecular flexibility index (Phi) is 7.16. The molecule has 2 aromatic rings. The molecule has 152 valence electrons. The topological polar surface area (TPSA) is 125 Å². The van der Waals surface area contributed by atoms with E-state index in [0.29, 0.717) is 16.4 Å². The molecule has 8 nitrogen and oxygen atoms in total. The number of aliphatic carboxylic acids is 1. The van der Waals surface area contributed by atoms with E-state index in [2.05, 4.69) is 15.6 Å². The van der Waals surface area contributed by atoms with Crippen LogP contribution in [0.1, 0.15) is 19.0 Å². The third kappa shape index (κ3) is 5.74. The summed E-state index contributed by atoms with van der Waals surface area (Å²) in [6, 6.07) is 3.96. The van der Waals surface area contributed by atoms with Gasteiger partial charge in [-0.15, -0.1) is 0 Å². The third-order valence-corrected chi connectivity index (χ3v) is 6.51. The van der Waals surface area contributed by atoms with Crippen molar-refractivity contribution in [2.75, 3.05) is 18.1 Å². The maximum Gasteiger partial charge on any atom is 0.320 e. The van der Waals surface area contributed by atoms with Gasteiger partial charge in [0.25, 0.3) is 0 Å². The molecule has 0 fully saturated rings. The summed E-state index contributed by atoms with van der Waals surface area (Å²) in [6.45, 7) is 3.46. The molecule has 11 heteroatoms. The molecule has 1 aromatic carbocycles. The molecule has 0 bridgehead atoms. The number of nitrogens with zero attached hydrogens (tertiary/aromatic N) is 1. The van der Waals surface area contributed by atoms with Gasteiger partial charge >= 0.3 is 5.97 Å². The second-order valence-corrected chi connectivity index (χ2v) is 9.55. The van der Waals surface area contributed by atoms with Crippen molar-refractivity contribution in [3.8, 4) is 10.4 Å². The van der Waals surface area contributed by atoms with E-state index >= 15 is 0 Å². The Morgan fingerprint density at radius 1 is 1.36 bits per heavy atom. The molecular weight excluding hydrogens is 426 g/mol. The molecule has 3 N–H and O–H groups in total. The first kappa shape index (κ1) is 22.3. The van der Waals surface area contributed by atoms with Crippen LogP contribution in [-0.2, 0) is 19.4 Å². The van der Waals surface area contributed by atoms with Crippen LogP contribution in [0.25, 0.3) is 10.4 Å². The van der Waals surface area contributed by atoms with Gasteiger partial charge in [0.15, 0.2) is 15.0 Å². The Morgan fingerprint density at radius 3 is 2.64 bits per heavy atom. The van der Waals surface area contributed by atoms with Crippen LogP contribution in [0.4, 0.5) is 5.13 Å². The number of aromatic nitrogens is 1. The number of thiazole rings is 1. The molecule has 1 aromatic heterocycles. The van der Waals surface area contributed by atoms with Crippen molar-refractivity contribution in [2.45, 2.75) is 31.2 Å². The third-order valence-electron chi connectivity index (χ3n) is 3.81. The molecule has 1 atom stereocenters. The van der Waals surface area contributed by atoms with Crippen LogP contribution in [0.2, 0.25) is 5.02 Å². The highest BCUT2D eigenvalue weighted by Crippen LogP contribution is 2.35.